The second-order valence-corrected chi connectivity index (χ2v) is 7.04. The van der Waals surface area contributed by atoms with Crippen molar-refractivity contribution in [2.45, 2.75) is 51.9 Å². The number of ether oxygens (including phenoxy) is 2. The van der Waals surface area contributed by atoms with Crippen LogP contribution < -0.4 is 10.6 Å². The number of carbonyl (C=O) groups is 2. The first-order valence-corrected chi connectivity index (χ1v) is 9.34. The van der Waals surface area contributed by atoms with Gasteiger partial charge in [0.2, 0.25) is 0 Å². The Morgan fingerprint density at radius 3 is 2.89 bits per heavy atom. The van der Waals surface area contributed by atoms with Gasteiger partial charge in [0.25, 0.3) is 5.91 Å². The predicted octanol–water partition coefficient (Wildman–Crippen LogP) is 1.92. The highest BCUT2D eigenvalue weighted by molar-refractivity contribution is 6.02. The van der Waals surface area contributed by atoms with Gasteiger partial charge in [-0.2, -0.15) is 10.2 Å². The van der Waals surface area contributed by atoms with Crippen LogP contribution in [0.25, 0.3) is 0 Å². The fourth-order valence-electron chi connectivity index (χ4n) is 2.98. The molecule has 0 bridgehead atoms. The van der Waals surface area contributed by atoms with Gasteiger partial charge in [0.05, 0.1) is 18.0 Å². The van der Waals surface area contributed by atoms with Crippen molar-refractivity contribution in [1.82, 2.24) is 25.3 Å². The third kappa shape index (κ3) is 4.69. The summed E-state index contributed by atoms with van der Waals surface area (Å²) in [5, 5.41) is 16.7. The van der Waals surface area contributed by atoms with E-state index < -0.39 is 6.09 Å². The quantitative estimate of drug-likeness (QED) is 0.692. The lowest BCUT2D eigenvalue weighted by Gasteiger charge is -2.13. The van der Waals surface area contributed by atoms with Gasteiger partial charge >= 0.3 is 6.09 Å². The SMILES string of the molecule is CCc1cc(C(=O)Nc2cc([C@@H]3C[C@H](OC(=O)NC(C)C)CO3)[nH]n2)n(C)n1. The summed E-state index contributed by atoms with van der Waals surface area (Å²) < 4.78 is 12.6. The zero-order valence-corrected chi connectivity index (χ0v) is 16.5. The number of anilines is 1. The van der Waals surface area contributed by atoms with Crippen molar-refractivity contribution in [3.05, 3.63) is 29.2 Å². The lowest BCUT2D eigenvalue weighted by Crippen LogP contribution is -2.33. The number of H-pyrrole nitrogens is 1. The molecule has 3 heterocycles. The van der Waals surface area contributed by atoms with Gasteiger partial charge < -0.3 is 20.1 Å². The van der Waals surface area contributed by atoms with Crippen LogP contribution in [0, 0.1) is 0 Å². The number of carbonyl (C=O) groups excluding carboxylic acids is 2. The van der Waals surface area contributed by atoms with Gasteiger partial charge in [-0.05, 0) is 26.3 Å². The number of rotatable bonds is 6. The average Bonchev–Trinajstić information content (AvgIpc) is 3.33. The minimum atomic E-state index is -0.454. The lowest BCUT2D eigenvalue weighted by molar-refractivity contribution is 0.0682. The summed E-state index contributed by atoms with van der Waals surface area (Å²) in [6.07, 6.45) is 0.211. The summed E-state index contributed by atoms with van der Waals surface area (Å²) in [5.41, 5.74) is 2.02. The fraction of sp³-hybridized carbons (Fsp3) is 0.556. The summed E-state index contributed by atoms with van der Waals surface area (Å²) in [6, 6.07) is 3.49. The van der Waals surface area contributed by atoms with Crippen LogP contribution in [-0.4, -0.2) is 50.7 Å². The molecule has 10 heteroatoms. The molecule has 152 valence electrons. The smallest absolute Gasteiger partial charge is 0.407 e. The topological polar surface area (TPSA) is 123 Å². The van der Waals surface area contributed by atoms with Gasteiger partial charge in [-0.25, -0.2) is 4.79 Å². The molecular formula is C18H26N6O4. The van der Waals surface area contributed by atoms with Crippen LogP contribution in [0.3, 0.4) is 0 Å². The number of alkyl carbamates (subject to hydrolysis) is 1. The molecular weight excluding hydrogens is 364 g/mol. The molecule has 0 saturated carbocycles. The van der Waals surface area contributed by atoms with Gasteiger partial charge in [0.15, 0.2) is 5.82 Å². The molecule has 28 heavy (non-hydrogen) atoms. The largest absolute Gasteiger partial charge is 0.444 e. The van der Waals surface area contributed by atoms with Crippen molar-refractivity contribution in [2.75, 3.05) is 11.9 Å². The molecule has 0 aliphatic carbocycles. The molecule has 2 aromatic heterocycles. The van der Waals surface area contributed by atoms with Crippen LogP contribution >= 0.6 is 0 Å². The van der Waals surface area contributed by atoms with E-state index in [0.717, 1.165) is 12.1 Å². The van der Waals surface area contributed by atoms with E-state index in [1.807, 2.05) is 20.8 Å². The molecule has 3 rings (SSSR count). The minimum Gasteiger partial charge on any atom is -0.444 e. The van der Waals surface area contributed by atoms with Crippen LogP contribution in [-0.2, 0) is 22.9 Å². The fourth-order valence-corrected chi connectivity index (χ4v) is 2.98. The molecule has 1 saturated heterocycles. The van der Waals surface area contributed by atoms with Gasteiger partial charge in [0.1, 0.15) is 17.9 Å². The molecule has 0 radical (unpaired) electrons. The summed E-state index contributed by atoms with van der Waals surface area (Å²) in [6.45, 7) is 6.02. The van der Waals surface area contributed by atoms with Crippen LogP contribution in [0.1, 0.15) is 55.2 Å². The van der Waals surface area contributed by atoms with Gasteiger partial charge in [-0.1, -0.05) is 6.92 Å². The van der Waals surface area contributed by atoms with Crippen LogP contribution in [0.4, 0.5) is 10.6 Å². The van der Waals surface area contributed by atoms with E-state index in [4.69, 9.17) is 9.47 Å². The highest BCUT2D eigenvalue weighted by atomic mass is 16.6. The minimum absolute atomic E-state index is 0.0113. The molecule has 1 fully saturated rings. The van der Waals surface area contributed by atoms with Gasteiger partial charge in [-0.3, -0.25) is 14.6 Å². The van der Waals surface area contributed by atoms with E-state index >= 15 is 0 Å². The maximum Gasteiger partial charge on any atom is 0.407 e. The summed E-state index contributed by atoms with van der Waals surface area (Å²) in [7, 11) is 1.73. The van der Waals surface area contributed by atoms with Crippen LogP contribution in [0.5, 0.6) is 0 Å². The summed E-state index contributed by atoms with van der Waals surface area (Å²) in [4.78, 5) is 24.1. The molecule has 1 aliphatic heterocycles. The molecule has 1 aliphatic rings. The predicted molar refractivity (Wildman–Crippen MR) is 101 cm³/mol. The number of nitrogens with one attached hydrogen (secondary N) is 3. The van der Waals surface area contributed by atoms with Crippen molar-refractivity contribution in [1.29, 1.82) is 0 Å². The van der Waals surface area contributed by atoms with E-state index in [1.165, 1.54) is 0 Å². The molecule has 2 atom stereocenters. The van der Waals surface area contributed by atoms with E-state index in [9.17, 15) is 9.59 Å². The Kier molecular flexibility index (Phi) is 5.98. The second-order valence-electron chi connectivity index (χ2n) is 7.04. The van der Waals surface area contributed by atoms with Crippen LogP contribution in [0.2, 0.25) is 0 Å². The Balaban J connectivity index is 1.56. The zero-order valence-electron chi connectivity index (χ0n) is 16.5. The van der Waals surface area contributed by atoms with Crippen molar-refractivity contribution < 1.29 is 19.1 Å². The highest BCUT2D eigenvalue weighted by Crippen LogP contribution is 2.30. The Hall–Kier alpha value is -2.88. The first-order chi connectivity index (χ1) is 13.4. The molecule has 2 amide bonds. The summed E-state index contributed by atoms with van der Waals surface area (Å²) in [5.74, 6) is 0.108. The maximum atomic E-state index is 12.4. The van der Waals surface area contributed by atoms with Crippen LogP contribution in [0.15, 0.2) is 12.1 Å². The molecule has 0 unspecified atom stereocenters. The monoisotopic (exact) mass is 390 g/mol. The van der Waals surface area contributed by atoms with E-state index in [2.05, 4.69) is 25.9 Å². The number of hydrogen-bond acceptors (Lipinski definition) is 6. The Morgan fingerprint density at radius 1 is 1.43 bits per heavy atom. The number of aromatic nitrogens is 4. The first-order valence-electron chi connectivity index (χ1n) is 9.34. The maximum absolute atomic E-state index is 12.4. The van der Waals surface area contributed by atoms with Gasteiger partial charge in [0, 0.05) is 25.6 Å². The van der Waals surface area contributed by atoms with E-state index in [1.54, 1.807) is 23.9 Å². The van der Waals surface area contributed by atoms with E-state index in [0.29, 0.717) is 30.2 Å². The van der Waals surface area contributed by atoms with Crippen molar-refractivity contribution in [3.8, 4) is 0 Å². The van der Waals surface area contributed by atoms with Crippen molar-refractivity contribution in [2.24, 2.45) is 7.05 Å². The lowest BCUT2D eigenvalue weighted by atomic mass is 10.1. The average molecular weight is 390 g/mol. The number of nitrogens with zero attached hydrogens (tertiary/aromatic N) is 3. The first kappa shape index (κ1) is 19.9. The molecule has 3 N–H and O–H groups in total. The third-order valence-electron chi connectivity index (χ3n) is 4.35. The normalized spacial score (nSPS) is 19.0. The number of amides is 2. The summed E-state index contributed by atoms with van der Waals surface area (Å²) >= 11 is 0. The Morgan fingerprint density at radius 2 is 2.21 bits per heavy atom. The van der Waals surface area contributed by atoms with E-state index in [-0.39, 0.29) is 24.2 Å². The van der Waals surface area contributed by atoms with Gasteiger partial charge in [-0.15, -0.1) is 0 Å². The second kappa shape index (κ2) is 8.42. The molecule has 0 spiro atoms. The Bertz CT molecular complexity index is 843. The Labute approximate surface area is 163 Å². The number of hydrogen-bond donors (Lipinski definition) is 3. The molecule has 2 aromatic rings. The standard InChI is InChI=1S/C18H26N6O4/c1-5-11-6-14(24(4)23-11)17(25)20-16-8-13(21-22-16)15-7-12(9-27-15)28-18(26)19-10(2)3/h6,8,10,12,15H,5,7,9H2,1-4H3,(H,19,26)(H2,20,21,22,25)/t12-,15-/m0/s1. The molecule has 10 nitrogen and oxygen atoms in total. The third-order valence-corrected chi connectivity index (χ3v) is 4.35. The number of aryl methyl sites for hydroxylation is 2. The molecule has 0 aromatic carbocycles. The van der Waals surface area contributed by atoms with Crippen molar-refractivity contribution >= 4 is 17.8 Å². The number of aromatic amines is 1. The van der Waals surface area contributed by atoms with Crippen molar-refractivity contribution in [3.63, 3.8) is 0 Å². The highest BCUT2D eigenvalue weighted by Gasteiger charge is 2.31. The zero-order chi connectivity index (χ0) is 20.3.